The van der Waals surface area contributed by atoms with Gasteiger partial charge in [-0.1, -0.05) is 12.1 Å². The summed E-state index contributed by atoms with van der Waals surface area (Å²) in [6, 6.07) is 7.27. The minimum atomic E-state index is 0.254. The molecule has 0 aromatic heterocycles. The largest absolute Gasteiger partial charge is 0.493 e. The maximum Gasteiger partial charge on any atom is 0.122 e. The smallest absolute Gasteiger partial charge is 0.122 e. The molecule has 0 bridgehead atoms. The summed E-state index contributed by atoms with van der Waals surface area (Å²) in [4.78, 5) is 2.37. The van der Waals surface area contributed by atoms with Gasteiger partial charge in [0.2, 0.25) is 0 Å². The third kappa shape index (κ3) is 2.13. The molecule has 2 aliphatic heterocycles. The van der Waals surface area contributed by atoms with Gasteiger partial charge in [0.15, 0.2) is 0 Å². The van der Waals surface area contributed by atoms with E-state index in [2.05, 4.69) is 30.0 Å². The highest BCUT2D eigenvalue weighted by atomic mass is 16.5. The summed E-state index contributed by atoms with van der Waals surface area (Å²) in [7, 11) is 0. The van der Waals surface area contributed by atoms with E-state index in [0.717, 1.165) is 31.9 Å². The predicted octanol–water partition coefficient (Wildman–Crippen LogP) is 1.79. The number of aliphatic hydroxyl groups is 1. The van der Waals surface area contributed by atoms with Crippen molar-refractivity contribution in [2.45, 2.75) is 31.7 Å². The van der Waals surface area contributed by atoms with Crippen LogP contribution in [0.3, 0.4) is 0 Å². The number of rotatable bonds is 3. The molecule has 2 aliphatic rings. The topological polar surface area (TPSA) is 32.7 Å². The lowest BCUT2D eigenvalue weighted by molar-refractivity contribution is 0.191. The monoisotopic (exact) mass is 247 g/mol. The van der Waals surface area contributed by atoms with E-state index in [1.165, 1.54) is 17.5 Å². The van der Waals surface area contributed by atoms with Gasteiger partial charge in [-0.2, -0.15) is 0 Å². The molecule has 1 aromatic carbocycles. The standard InChI is InChI=1S/C15H21NO2/c1-11-8-14(10-16(11)5-6-17)13-3-2-12-4-7-18-15(12)9-13/h2-3,9,11,14,17H,4-8,10H2,1H3. The fourth-order valence-corrected chi connectivity index (χ4v) is 3.22. The molecule has 3 rings (SSSR count). The molecular formula is C15H21NO2. The summed E-state index contributed by atoms with van der Waals surface area (Å²) < 4.78 is 5.65. The number of benzene rings is 1. The number of hydrogen-bond donors (Lipinski definition) is 1. The first-order valence-corrected chi connectivity index (χ1v) is 6.88. The summed E-state index contributed by atoms with van der Waals surface area (Å²) >= 11 is 0. The molecule has 2 unspecified atom stereocenters. The van der Waals surface area contributed by atoms with Crippen LogP contribution < -0.4 is 4.74 Å². The first-order chi connectivity index (χ1) is 8.78. The molecule has 1 saturated heterocycles. The highest BCUT2D eigenvalue weighted by Gasteiger charge is 2.30. The van der Waals surface area contributed by atoms with E-state index >= 15 is 0 Å². The molecule has 1 aromatic rings. The van der Waals surface area contributed by atoms with Crippen molar-refractivity contribution in [2.24, 2.45) is 0 Å². The van der Waals surface area contributed by atoms with Crippen LogP contribution in [0.5, 0.6) is 5.75 Å². The molecule has 18 heavy (non-hydrogen) atoms. The number of aliphatic hydroxyl groups excluding tert-OH is 1. The van der Waals surface area contributed by atoms with Gasteiger partial charge in [-0.15, -0.1) is 0 Å². The Morgan fingerprint density at radius 2 is 2.33 bits per heavy atom. The molecule has 2 atom stereocenters. The van der Waals surface area contributed by atoms with Gasteiger partial charge in [0, 0.05) is 25.6 Å². The maximum atomic E-state index is 9.07. The average molecular weight is 247 g/mol. The van der Waals surface area contributed by atoms with Crippen LogP contribution in [0.25, 0.3) is 0 Å². The zero-order valence-corrected chi connectivity index (χ0v) is 10.9. The van der Waals surface area contributed by atoms with Gasteiger partial charge in [0.1, 0.15) is 5.75 Å². The number of β-amino-alcohol motifs (C(OH)–C–C–N with tert-alkyl or cyclic N) is 1. The van der Waals surface area contributed by atoms with Gasteiger partial charge < -0.3 is 9.84 Å². The molecule has 2 heterocycles. The molecule has 0 radical (unpaired) electrons. The predicted molar refractivity (Wildman–Crippen MR) is 71.1 cm³/mol. The maximum absolute atomic E-state index is 9.07. The fraction of sp³-hybridized carbons (Fsp3) is 0.600. The van der Waals surface area contributed by atoms with E-state index in [1.807, 2.05) is 0 Å². The van der Waals surface area contributed by atoms with Crippen LogP contribution in [-0.2, 0) is 6.42 Å². The third-order valence-electron chi connectivity index (χ3n) is 4.28. The van der Waals surface area contributed by atoms with Crippen molar-refractivity contribution < 1.29 is 9.84 Å². The average Bonchev–Trinajstić information content (AvgIpc) is 2.96. The van der Waals surface area contributed by atoms with E-state index in [-0.39, 0.29) is 6.61 Å². The zero-order chi connectivity index (χ0) is 12.5. The number of fused-ring (bicyclic) bond motifs is 1. The summed E-state index contributed by atoms with van der Waals surface area (Å²) in [5.74, 6) is 1.67. The van der Waals surface area contributed by atoms with Gasteiger partial charge in [-0.3, -0.25) is 4.90 Å². The minimum Gasteiger partial charge on any atom is -0.493 e. The lowest BCUT2D eigenvalue weighted by Crippen LogP contribution is -2.29. The quantitative estimate of drug-likeness (QED) is 0.884. The van der Waals surface area contributed by atoms with Gasteiger partial charge in [0.25, 0.3) is 0 Å². The summed E-state index contributed by atoms with van der Waals surface area (Å²) in [6.45, 7) is 5.18. The summed E-state index contributed by atoms with van der Waals surface area (Å²) in [6.07, 6.45) is 2.23. The van der Waals surface area contributed by atoms with Crippen LogP contribution >= 0.6 is 0 Å². The van der Waals surface area contributed by atoms with Crippen molar-refractivity contribution >= 4 is 0 Å². The van der Waals surface area contributed by atoms with Crippen LogP contribution in [0.4, 0.5) is 0 Å². The van der Waals surface area contributed by atoms with Gasteiger partial charge >= 0.3 is 0 Å². The molecule has 1 fully saturated rings. The van der Waals surface area contributed by atoms with E-state index in [4.69, 9.17) is 9.84 Å². The molecule has 3 heteroatoms. The van der Waals surface area contributed by atoms with Crippen molar-refractivity contribution in [3.05, 3.63) is 29.3 Å². The fourth-order valence-electron chi connectivity index (χ4n) is 3.22. The summed E-state index contributed by atoms with van der Waals surface area (Å²) in [5.41, 5.74) is 2.74. The lowest BCUT2D eigenvalue weighted by Gasteiger charge is -2.19. The van der Waals surface area contributed by atoms with Crippen LogP contribution in [-0.4, -0.2) is 42.4 Å². The molecule has 0 saturated carbocycles. The van der Waals surface area contributed by atoms with E-state index in [1.54, 1.807) is 0 Å². The SMILES string of the molecule is CC1CC(c2ccc3c(c2)OCC3)CN1CCO. The molecule has 98 valence electrons. The van der Waals surface area contributed by atoms with E-state index < -0.39 is 0 Å². The number of hydrogen-bond acceptors (Lipinski definition) is 3. The Bertz CT molecular complexity index is 433. The second-order valence-electron chi connectivity index (χ2n) is 5.47. The van der Waals surface area contributed by atoms with Crippen molar-refractivity contribution in [3.63, 3.8) is 0 Å². The van der Waals surface area contributed by atoms with E-state index in [0.29, 0.717) is 12.0 Å². The Kier molecular flexibility index (Phi) is 3.27. The highest BCUT2D eigenvalue weighted by molar-refractivity contribution is 5.41. The number of nitrogens with zero attached hydrogens (tertiary/aromatic N) is 1. The van der Waals surface area contributed by atoms with Gasteiger partial charge in [-0.25, -0.2) is 0 Å². The zero-order valence-electron chi connectivity index (χ0n) is 10.9. The van der Waals surface area contributed by atoms with Gasteiger partial charge in [0.05, 0.1) is 13.2 Å². The summed E-state index contributed by atoms with van der Waals surface area (Å²) in [5, 5.41) is 9.07. The van der Waals surface area contributed by atoms with Crippen molar-refractivity contribution in [3.8, 4) is 5.75 Å². The normalized spacial score (nSPS) is 27.2. The van der Waals surface area contributed by atoms with Crippen LogP contribution in [0.15, 0.2) is 18.2 Å². The molecule has 0 spiro atoms. The first kappa shape index (κ1) is 12.0. The second-order valence-corrected chi connectivity index (χ2v) is 5.47. The number of ether oxygens (including phenoxy) is 1. The van der Waals surface area contributed by atoms with E-state index in [9.17, 15) is 0 Å². The van der Waals surface area contributed by atoms with Crippen molar-refractivity contribution in [1.29, 1.82) is 0 Å². The Morgan fingerprint density at radius 3 is 3.17 bits per heavy atom. The molecule has 1 N–H and O–H groups in total. The molecule has 0 aliphatic carbocycles. The Hall–Kier alpha value is -1.06. The lowest BCUT2D eigenvalue weighted by atomic mass is 9.95. The minimum absolute atomic E-state index is 0.254. The van der Waals surface area contributed by atoms with Crippen molar-refractivity contribution in [1.82, 2.24) is 4.90 Å². The first-order valence-electron chi connectivity index (χ1n) is 6.88. The number of likely N-dealkylation sites (tertiary alicyclic amines) is 1. The molecule has 3 nitrogen and oxygen atoms in total. The Balaban J connectivity index is 1.76. The third-order valence-corrected chi connectivity index (χ3v) is 4.28. The Morgan fingerprint density at radius 1 is 1.44 bits per heavy atom. The van der Waals surface area contributed by atoms with Gasteiger partial charge in [-0.05, 0) is 36.5 Å². The van der Waals surface area contributed by atoms with Crippen LogP contribution in [0.1, 0.15) is 30.4 Å². The molecule has 0 amide bonds. The van der Waals surface area contributed by atoms with Crippen molar-refractivity contribution in [2.75, 3.05) is 26.3 Å². The Labute approximate surface area is 108 Å². The molecular weight excluding hydrogens is 226 g/mol. The second kappa shape index (κ2) is 4.90. The highest BCUT2D eigenvalue weighted by Crippen LogP contribution is 2.35. The van der Waals surface area contributed by atoms with Crippen LogP contribution in [0, 0.1) is 0 Å². The van der Waals surface area contributed by atoms with Crippen LogP contribution in [0.2, 0.25) is 0 Å².